The summed E-state index contributed by atoms with van der Waals surface area (Å²) in [5.74, 6) is 0.467. The maximum atomic E-state index is 12.4. The fourth-order valence-electron chi connectivity index (χ4n) is 2.88. The SMILES string of the molecule is CCC1CCC(N)(C(=O)OC(C)c2ccccc2)CC1. The van der Waals surface area contributed by atoms with Crippen LogP contribution in [0.5, 0.6) is 0 Å². The molecule has 0 aromatic heterocycles. The summed E-state index contributed by atoms with van der Waals surface area (Å²) in [6, 6.07) is 9.79. The van der Waals surface area contributed by atoms with Crippen molar-refractivity contribution < 1.29 is 9.53 Å². The zero-order valence-corrected chi connectivity index (χ0v) is 12.5. The van der Waals surface area contributed by atoms with Gasteiger partial charge in [0.25, 0.3) is 0 Å². The minimum absolute atomic E-state index is 0.243. The lowest BCUT2D eigenvalue weighted by Crippen LogP contribution is -2.51. The largest absolute Gasteiger partial charge is 0.456 e. The van der Waals surface area contributed by atoms with Gasteiger partial charge in [-0.25, -0.2) is 0 Å². The molecule has 20 heavy (non-hydrogen) atoms. The number of esters is 1. The minimum atomic E-state index is -0.783. The summed E-state index contributed by atoms with van der Waals surface area (Å²) < 4.78 is 5.58. The van der Waals surface area contributed by atoms with Crippen molar-refractivity contribution in [2.75, 3.05) is 0 Å². The Morgan fingerprint density at radius 1 is 1.35 bits per heavy atom. The van der Waals surface area contributed by atoms with Crippen molar-refractivity contribution in [1.82, 2.24) is 0 Å². The van der Waals surface area contributed by atoms with E-state index in [0.29, 0.717) is 5.92 Å². The maximum Gasteiger partial charge on any atom is 0.326 e. The van der Waals surface area contributed by atoms with E-state index < -0.39 is 5.54 Å². The number of hydrogen-bond donors (Lipinski definition) is 1. The van der Waals surface area contributed by atoms with Crippen LogP contribution < -0.4 is 5.73 Å². The maximum absolute atomic E-state index is 12.4. The lowest BCUT2D eigenvalue weighted by Gasteiger charge is -2.35. The molecule has 2 rings (SSSR count). The van der Waals surface area contributed by atoms with E-state index in [1.807, 2.05) is 37.3 Å². The Morgan fingerprint density at radius 2 is 1.95 bits per heavy atom. The number of ether oxygens (including phenoxy) is 1. The summed E-state index contributed by atoms with van der Waals surface area (Å²) in [4.78, 5) is 12.4. The van der Waals surface area contributed by atoms with Crippen LogP contribution in [-0.2, 0) is 9.53 Å². The average molecular weight is 275 g/mol. The monoisotopic (exact) mass is 275 g/mol. The normalized spacial score (nSPS) is 27.9. The van der Waals surface area contributed by atoms with Crippen LogP contribution in [-0.4, -0.2) is 11.5 Å². The molecule has 0 saturated heterocycles. The molecule has 1 aliphatic carbocycles. The number of hydrogen-bond acceptors (Lipinski definition) is 3. The van der Waals surface area contributed by atoms with Crippen molar-refractivity contribution in [2.24, 2.45) is 11.7 Å². The van der Waals surface area contributed by atoms with E-state index in [1.165, 1.54) is 6.42 Å². The highest BCUT2D eigenvalue weighted by Gasteiger charge is 2.39. The fraction of sp³-hybridized carbons (Fsp3) is 0.588. The van der Waals surface area contributed by atoms with E-state index in [2.05, 4.69) is 6.92 Å². The molecule has 1 aromatic carbocycles. The van der Waals surface area contributed by atoms with Gasteiger partial charge >= 0.3 is 5.97 Å². The van der Waals surface area contributed by atoms with Crippen molar-refractivity contribution >= 4 is 5.97 Å². The first-order chi connectivity index (χ1) is 9.55. The third kappa shape index (κ3) is 3.40. The first-order valence-corrected chi connectivity index (χ1v) is 7.60. The van der Waals surface area contributed by atoms with Crippen molar-refractivity contribution in [3.63, 3.8) is 0 Å². The third-order valence-corrected chi connectivity index (χ3v) is 4.53. The molecule has 1 atom stereocenters. The van der Waals surface area contributed by atoms with Crippen LogP contribution in [0.1, 0.15) is 57.6 Å². The average Bonchev–Trinajstić information content (AvgIpc) is 2.49. The molecule has 0 heterocycles. The Balaban J connectivity index is 1.95. The first-order valence-electron chi connectivity index (χ1n) is 7.60. The van der Waals surface area contributed by atoms with E-state index in [1.54, 1.807) is 0 Å². The second-order valence-electron chi connectivity index (χ2n) is 5.97. The Morgan fingerprint density at radius 3 is 2.50 bits per heavy atom. The third-order valence-electron chi connectivity index (χ3n) is 4.53. The van der Waals surface area contributed by atoms with Crippen molar-refractivity contribution in [1.29, 1.82) is 0 Å². The Kier molecular flexibility index (Phi) is 4.81. The summed E-state index contributed by atoms with van der Waals surface area (Å²) in [7, 11) is 0. The van der Waals surface area contributed by atoms with Crippen LogP contribution in [0.2, 0.25) is 0 Å². The molecule has 1 aromatic rings. The summed E-state index contributed by atoms with van der Waals surface area (Å²) in [6.45, 7) is 4.10. The van der Waals surface area contributed by atoms with E-state index in [9.17, 15) is 4.79 Å². The number of benzene rings is 1. The van der Waals surface area contributed by atoms with Crippen molar-refractivity contribution in [3.05, 3.63) is 35.9 Å². The number of nitrogens with two attached hydrogens (primary N) is 1. The molecule has 110 valence electrons. The molecule has 1 aliphatic rings. The van der Waals surface area contributed by atoms with Gasteiger partial charge in [0.15, 0.2) is 0 Å². The second kappa shape index (κ2) is 6.40. The van der Waals surface area contributed by atoms with Crippen LogP contribution in [0.3, 0.4) is 0 Å². The summed E-state index contributed by atoms with van der Waals surface area (Å²) in [5, 5.41) is 0. The molecular weight excluding hydrogens is 250 g/mol. The van der Waals surface area contributed by atoms with Crippen LogP contribution in [0.25, 0.3) is 0 Å². The van der Waals surface area contributed by atoms with Gasteiger partial charge in [-0.3, -0.25) is 4.79 Å². The Hall–Kier alpha value is -1.35. The molecule has 2 N–H and O–H groups in total. The van der Waals surface area contributed by atoms with Crippen LogP contribution in [0, 0.1) is 5.92 Å². The Labute approximate surface area is 121 Å². The first kappa shape index (κ1) is 15.0. The Bertz CT molecular complexity index is 436. The van der Waals surface area contributed by atoms with Gasteiger partial charge in [0, 0.05) is 0 Å². The molecule has 0 amide bonds. The number of carbonyl (C=O) groups is 1. The molecular formula is C17H25NO2. The van der Waals surface area contributed by atoms with E-state index in [-0.39, 0.29) is 12.1 Å². The molecule has 3 heteroatoms. The van der Waals surface area contributed by atoms with Gasteiger partial charge in [0.05, 0.1) is 0 Å². The smallest absolute Gasteiger partial charge is 0.326 e. The molecule has 1 fully saturated rings. The lowest BCUT2D eigenvalue weighted by molar-refractivity contribution is -0.157. The predicted octanol–water partition coefficient (Wildman–Crippen LogP) is 3.59. The topological polar surface area (TPSA) is 52.3 Å². The quantitative estimate of drug-likeness (QED) is 0.854. The molecule has 0 bridgehead atoms. The molecule has 3 nitrogen and oxygen atoms in total. The van der Waals surface area contributed by atoms with E-state index in [4.69, 9.17) is 10.5 Å². The van der Waals surface area contributed by atoms with Gasteiger partial charge in [0.2, 0.25) is 0 Å². The van der Waals surface area contributed by atoms with E-state index >= 15 is 0 Å². The highest BCUT2D eigenvalue weighted by molar-refractivity contribution is 5.80. The van der Waals surface area contributed by atoms with Crippen molar-refractivity contribution in [2.45, 2.75) is 57.6 Å². The zero-order valence-electron chi connectivity index (χ0n) is 12.5. The molecule has 1 saturated carbocycles. The van der Waals surface area contributed by atoms with Gasteiger partial charge in [-0.1, -0.05) is 43.7 Å². The van der Waals surface area contributed by atoms with Gasteiger partial charge in [0.1, 0.15) is 11.6 Å². The predicted molar refractivity (Wildman–Crippen MR) is 80.1 cm³/mol. The van der Waals surface area contributed by atoms with Crippen LogP contribution >= 0.6 is 0 Å². The fourth-order valence-corrected chi connectivity index (χ4v) is 2.88. The van der Waals surface area contributed by atoms with Gasteiger partial charge in [-0.2, -0.15) is 0 Å². The van der Waals surface area contributed by atoms with E-state index in [0.717, 1.165) is 31.2 Å². The van der Waals surface area contributed by atoms with Crippen molar-refractivity contribution in [3.8, 4) is 0 Å². The van der Waals surface area contributed by atoms with Gasteiger partial charge in [-0.15, -0.1) is 0 Å². The highest BCUT2D eigenvalue weighted by Crippen LogP contribution is 2.34. The minimum Gasteiger partial charge on any atom is -0.456 e. The van der Waals surface area contributed by atoms with Gasteiger partial charge < -0.3 is 10.5 Å². The molecule has 1 unspecified atom stereocenters. The number of rotatable bonds is 4. The molecule has 0 spiro atoms. The number of carbonyl (C=O) groups excluding carboxylic acids is 1. The molecule has 0 radical (unpaired) electrons. The zero-order chi connectivity index (χ0) is 14.6. The summed E-state index contributed by atoms with van der Waals surface area (Å²) in [6.07, 6.45) is 4.47. The second-order valence-corrected chi connectivity index (χ2v) is 5.97. The highest BCUT2D eigenvalue weighted by atomic mass is 16.5. The van der Waals surface area contributed by atoms with Crippen LogP contribution in [0.4, 0.5) is 0 Å². The molecule has 0 aliphatic heterocycles. The van der Waals surface area contributed by atoms with Gasteiger partial charge in [-0.05, 0) is 44.1 Å². The van der Waals surface area contributed by atoms with Crippen LogP contribution in [0.15, 0.2) is 30.3 Å². The summed E-state index contributed by atoms with van der Waals surface area (Å²) in [5.41, 5.74) is 6.49. The summed E-state index contributed by atoms with van der Waals surface area (Å²) >= 11 is 0. The standard InChI is InChI=1S/C17H25NO2/c1-3-14-9-11-17(18,12-10-14)16(19)20-13(2)15-7-5-4-6-8-15/h4-8,13-14H,3,9-12,18H2,1-2H3. The lowest BCUT2D eigenvalue weighted by atomic mass is 9.76.